The van der Waals surface area contributed by atoms with E-state index in [4.69, 9.17) is 20.9 Å². The SMILES string of the molecule is Cc1cc(OCc2nc(-c3ccc(NC(=O)c4ccncc4)cc3)no2)ccc1Cl. The van der Waals surface area contributed by atoms with E-state index in [1.165, 1.54) is 0 Å². The summed E-state index contributed by atoms with van der Waals surface area (Å²) >= 11 is 6.02. The predicted octanol–water partition coefficient (Wildman–Crippen LogP) is 4.92. The molecule has 4 aromatic rings. The van der Waals surface area contributed by atoms with Crippen molar-refractivity contribution >= 4 is 23.2 Å². The number of nitrogens with zero attached hydrogens (tertiary/aromatic N) is 3. The second kappa shape index (κ2) is 8.75. The molecule has 0 aliphatic carbocycles. The number of hydrogen-bond donors (Lipinski definition) is 1. The Bertz CT molecular complexity index is 1160. The van der Waals surface area contributed by atoms with Crippen LogP contribution in [0.15, 0.2) is 71.5 Å². The molecule has 0 unspecified atom stereocenters. The molecule has 0 fully saturated rings. The van der Waals surface area contributed by atoms with Crippen LogP contribution in [0.5, 0.6) is 5.75 Å². The van der Waals surface area contributed by atoms with Crippen molar-refractivity contribution in [1.82, 2.24) is 15.1 Å². The van der Waals surface area contributed by atoms with Gasteiger partial charge in [-0.05, 0) is 67.1 Å². The third-order valence-electron chi connectivity index (χ3n) is 4.30. The van der Waals surface area contributed by atoms with Crippen molar-refractivity contribution in [1.29, 1.82) is 0 Å². The number of aryl methyl sites for hydroxylation is 1. The summed E-state index contributed by atoms with van der Waals surface area (Å²) in [5.41, 5.74) is 2.88. The van der Waals surface area contributed by atoms with E-state index in [0.717, 1.165) is 11.1 Å². The minimum Gasteiger partial charge on any atom is -0.484 e. The second-order valence-electron chi connectivity index (χ2n) is 6.48. The van der Waals surface area contributed by atoms with Gasteiger partial charge >= 0.3 is 0 Å². The topological polar surface area (TPSA) is 90.1 Å². The highest BCUT2D eigenvalue weighted by molar-refractivity contribution is 6.31. The van der Waals surface area contributed by atoms with E-state index in [1.54, 1.807) is 60.9 Å². The van der Waals surface area contributed by atoms with Gasteiger partial charge in [0.25, 0.3) is 11.8 Å². The Morgan fingerprint density at radius 2 is 1.87 bits per heavy atom. The van der Waals surface area contributed by atoms with Crippen LogP contribution in [0.4, 0.5) is 5.69 Å². The number of carbonyl (C=O) groups excluding carboxylic acids is 1. The molecule has 150 valence electrons. The molecule has 1 N–H and O–H groups in total. The van der Waals surface area contributed by atoms with Crippen molar-refractivity contribution in [3.05, 3.63) is 89.0 Å². The van der Waals surface area contributed by atoms with Gasteiger partial charge in [0.2, 0.25) is 5.82 Å². The molecule has 0 spiro atoms. The van der Waals surface area contributed by atoms with Gasteiger partial charge in [0.05, 0.1) is 0 Å². The maximum atomic E-state index is 12.2. The summed E-state index contributed by atoms with van der Waals surface area (Å²) in [6.07, 6.45) is 3.15. The number of amides is 1. The predicted molar refractivity (Wildman–Crippen MR) is 112 cm³/mol. The average Bonchev–Trinajstić information content (AvgIpc) is 3.25. The molecule has 2 aromatic carbocycles. The molecule has 4 rings (SSSR count). The number of pyridine rings is 1. The largest absolute Gasteiger partial charge is 0.484 e. The molecule has 0 radical (unpaired) electrons. The monoisotopic (exact) mass is 420 g/mol. The average molecular weight is 421 g/mol. The van der Waals surface area contributed by atoms with Gasteiger partial charge in [-0.1, -0.05) is 16.8 Å². The lowest BCUT2D eigenvalue weighted by molar-refractivity contribution is 0.102. The van der Waals surface area contributed by atoms with Crippen LogP contribution in [0.2, 0.25) is 5.02 Å². The Morgan fingerprint density at radius 3 is 2.60 bits per heavy atom. The van der Waals surface area contributed by atoms with Crippen LogP contribution in [-0.4, -0.2) is 21.0 Å². The quantitative estimate of drug-likeness (QED) is 0.476. The summed E-state index contributed by atoms with van der Waals surface area (Å²) in [6, 6.07) is 15.9. The smallest absolute Gasteiger partial charge is 0.264 e. The molecule has 7 nitrogen and oxygen atoms in total. The number of carbonyl (C=O) groups is 1. The molecule has 0 atom stereocenters. The Kier molecular flexibility index (Phi) is 5.72. The van der Waals surface area contributed by atoms with Crippen molar-refractivity contribution in [3.8, 4) is 17.1 Å². The summed E-state index contributed by atoms with van der Waals surface area (Å²) in [5, 5.41) is 7.50. The summed E-state index contributed by atoms with van der Waals surface area (Å²) in [4.78, 5) is 20.5. The fourth-order valence-electron chi connectivity index (χ4n) is 2.69. The van der Waals surface area contributed by atoms with Crippen molar-refractivity contribution in [2.24, 2.45) is 0 Å². The van der Waals surface area contributed by atoms with Crippen LogP contribution in [0.3, 0.4) is 0 Å². The molecule has 2 aromatic heterocycles. The molecule has 0 aliphatic heterocycles. The summed E-state index contributed by atoms with van der Waals surface area (Å²) in [5.74, 6) is 1.26. The molecule has 2 heterocycles. The number of ether oxygens (including phenoxy) is 1. The molecule has 0 saturated carbocycles. The first-order valence-electron chi connectivity index (χ1n) is 9.12. The molecule has 1 amide bonds. The highest BCUT2D eigenvalue weighted by Gasteiger charge is 2.11. The van der Waals surface area contributed by atoms with Gasteiger partial charge in [-0.15, -0.1) is 0 Å². The van der Waals surface area contributed by atoms with Crippen molar-refractivity contribution in [2.45, 2.75) is 13.5 Å². The van der Waals surface area contributed by atoms with Gasteiger partial charge in [0.15, 0.2) is 6.61 Å². The number of aromatic nitrogens is 3. The van der Waals surface area contributed by atoms with E-state index >= 15 is 0 Å². The van der Waals surface area contributed by atoms with Crippen LogP contribution < -0.4 is 10.1 Å². The van der Waals surface area contributed by atoms with E-state index in [2.05, 4.69) is 20.4 Å². The first kappa shape index (κ1) is 19.6. The zero-order valence-electron chi connectivity index (χ0n) is 16.0. The van der Waals surface area contributed by atoms with E-state index in [0.29, 0.717) is 33.7 Å². The van der Waals surface area contributed by atoms with Crippen molar-refractivity contribution < 1.29 is 14.1 Å². The second-order valence-corrected chi connectivity index (χ2v) is 6.89. The zero-order valence-corrected chi connectivity index (χ0v) is 16.8. The van der Waals surface area contributed by atoms with Crippen LogP contribution in [-0.2, 0) is 6.61 Å². The van der Waals surface area contributed by atoms with Gasteiger partial charge in [-0.25, -0.2) is 0 Å². The van der Waals surface area contributed by atoms with Crippen LogP contribution in [0.25, 0.3) is 11.4 Å². The molecular weight excluding hydrogens is 404 g/mol. The number of rotatable bonds is 6. The fourth-order valence-corrected chi connectivity index (χ4v) is 2.81. The maximum absolute atomic E-state index is 12.2. The first-order valence-corrected chi connectivity index (χ1v) is 9.49. The van der Waals surface area contributed by atoms with Gasteiger partial charge in [-0.3, -0.25) is 9.78 Å². The Hall–Kier alpha value is -3.71. The van der Waals surface area contributed by atoms with E-state index in [-0.39, 0.29) is 12.5 Å². The summed E-state index contributed by atoms with van der Waals surface area (Å²) < 4.78 is 10.9. The van der Waals surface area contributed by atoms with Crippen LogP contribution >= 0.6 is 11.6 Å². The lowest BCUT2D eigenvalue weighted by atomic mass is 10.2. The summed E-state index contributed by atoms with van der Waals surface area (Å²) in [7, 11) is 0. The van der Waals surface area contributed by atoms with Gasteiger partial charge in [-0.2, -0.15) is 4.98 Å². The Balaban J connectivity index is 1.38. The molecule has 0 aliphatic rings. The lowest BCUT2D eigenvalue weighted by Gasteiger charge is -2.05. The highest BCUT2D eigenvalue weighted by atomic mass is 35.5. The van der Waals surface area contributed by atoms with Crippen molar-refractivity contribution in [2.75, 3.05) is 5.32 Å². The van der Waals surface area contributed by atoms with Gasteiger partial charge < -0.3 is 14.6 Å². The number of halogens is 1. The summed E-state index contributed by atoms with van der Waals surface area (Å²) in [6.45, 7) is 2.05. The lowest BCUT2D eigenvalue weighted by Crippen LogP contribution is -2.11. The van der Waals surface area contributed by atoms with E-state index in [9.17, 15) is 4.79 Å². The normalized spacial score (nSPS) is 10.6. The molecular formula is C22H17ClN4O3. The van der Waals surface area contributed by atoms with Crippen molar-refractivity contribution in [3.63, 3.8) is 0 Å². The number of benzene rings is 2. The standard InChI is InChI=1S/C22H17ClN4O3/c1-14-12-18(6-7-19(14)23)29-13-20-26-21(27-30-20)15-2-4-17(5-3-15)25-22(28)16-8-10-24-11-9-16/h2-12H,13H2,1H3,(H,25,28). The third-order valence-corrected chi connectivity index (χ3v) is 4.73. The number of anilines is 1. The van der Waals surface area contributed by atoms with Crippen LogP contribution in [0, 0.1) is 6.92 Å². The highest BCUT2D eigenvalue weighted by Crippen LogP contribution is 2.23. The van der Waals surface area contributed by atoms with Gasteiger partial charge in [0, 0.05) is 34.2 Å². The molecule has 8 heteroatoms. The Morgan fingerprint density at radius 1 is 1.10 bits per heavy atom. The number of nitrogens with one attached hydrogen (secondary N) is 1. The molecule has 30 heavy (non-hydrogen) atoms. The minimum absolute atomic E-state index is 0.147. The fraction of sp³-hybridized carbons (Fsp3) is 0.0909. The van der Waals surface area contributed by atoms with Gasteiger partial charge in [0.1, 0.15) is 5.75 Å². The van der Waals surface area contributed by atoms with E-state index < -0.39 is 0 Å². The Labute approximate surface area is 177 Å². The minimum atomic E-state index is -0.207. The molecule has 0 bridgehead atoms. The van der Waals surface area contributed by atoms with Crippen LogP contribution in [0.1, 0.15) is 21.8 Å². The van der Waals surface area contributed by atoms with E-state index in [1.807, 2.05) is 13.0 Å². The first-order chi connectivity index (χ1) is 14.6. The number of hydrogen-bond acceptors (Lipinski definition) is 6. The maximum Gasteiger partial charge on any atom is 0.264 e. The zero-order chi connectivity index (χ0) is 20.9. The third kappa shape index (κ3) is 4.64. The molecule has 0 saturated heterocycles.